The molecule has 34 rings (SSSR count). The summed E-state index contributed by atoms with van der Waals surface area (Å²) in [6.45, 7) is 1.46. The summed E-state index contributed by atoms with van der Waals surface area (Å²) in [5.41, 5.74) is 8.61. The number of nitrogens with one attached hydrogen (secondary N) is 2. The Morgan fingerprint density at radius 2 is 0.642 bits per heavy atom. The molecule has 81 heavy (non-hydrogen) atoms. The Morgan fingerprint density at radius 1 is 0.395 bits per heavy atom. The highest BCUT2D eigenvalue weighted by Gasteiger charge is 2.71. The summed E-state index contributed by atoms with van der Waals surface area (Å²) in [6.07, 6.45) is 3.60. The van der Waals surface area contributed by atoms with Crippen LogP contribution < -0.4 is 10.6 Å². The predicted octanol–water partition coefficient (Wildman–Crippen LogP) is 18.2. The van der Waals surface area contributed by atoms with Gasteiger partial charge in [0.25, 0.3) is 0 Å². The lowest BCUT2D eigenvalue weighted by molar-refractivity contribution is -0.144. The van der Waals surface area contributed by atoms with Crippen molar-refractivity contribution < 1.29 is 14.3 Å². The number of carbonyl (C=O) groups excluding carboxylic acids is 2. The highest BCUT2D eigenvalue weighted by Crippen LogP contribution is 2.86. The van der Waals surface area contributed by atoms with E-state index in [1.807, 2.05) is 0 Å². The van der Waals surface area contributed by atoms with Crippen LogP contribution in [0.25, 0.3) is 291 Å². The van der Waals surface area contributed by atoms with Gasteiger partial charge in [-0.25, -0.2) is 4.79 Å². The Morgan fingerprint density at radius 3 is 0.889 bits per heavy atom. The zero-order valence-corrected chi connectivity index (χ0v) is 42.5. The zero-order valence-electron chi connectivity index (χ0n) is 42.5. The van der Waals surface area contributed by atoms with Crippen LogP contribution in [0.5, 0.6) is 0 Å². The first kappa shape index (κ1) is 33.1. The average Bonchev–Trinajstić information content (AvgIpc) is 1.40. The molecule has 29 aromatic rings. The van der Waals surface area contributed by atoms with Crippen LogP contribution in [-0.4, -0.2) is 31.1 Å². The van der Waals surface area contributed by atoms with Gasteiger partial charge in [-0.2, -0.15) is 0 Å². The SMILES string of the molecule is COC(=O)[C@@H](Cc1ccc(NC2CCC34c5c6c7c8c9c%10c(c%11c%12c3c3c5c5c%13c6c6c7c7c9c9c%14c%10c%10c%11c%11c%12c%12c3c3c5c5c%13c%13c6c6c7c9c7c9c%14c%10c%10c%11c%11c%12c3c3c5c5c%13c6c7c6c9c%10c%11c3c56)C84C2)cc1)NC(C)=O. The molecule has 0 radical (unpaired) electrons. The van der Waals surface area contributed by atoms with Crippen molar-refractivity contribution in [3.05, 3.63) is 52.1 Å². The highest BCUT2D eigenvalue weighted by molar-refractivity contribution is 6.82. The minimum Gasteiger partial charge on any atom is -0.467 e. The van der Waals surface area contributed by atoms with Gasteiger partial charge in [-0.3, -0.25) is 4.79 Å². The fraction of sp³-hybridized carbons (Fsp3) is 0.132. The average molecular weight is 1010 g/mol. The van der Waals surface area contributed by atoms with Gasteiger partial charge in [0.1, 0.15) is 6.04 Å². The standard InChI is InChI=1S/C76H22N2O3/c1-11(79)77-15(74(80)81-2)9-12-3-5-13(6-4-12)78-14-7-8-75-70-62-54-44-34-26-18-16-17-20-24-22(18)30-38-32(24)42-36-28(20)29-21(17)25-23-19(16)27(26)35-41-31(23)39-33(25)43-37(29)47-46(36)56-50(42)60-52(38)58(48(54)40(30)34)64(70)66(60)72-68(56)69-57(47)51(43)61-53(39)59-49(41)55(45(35)44)63(62)71(75)65(59)67(61)73(69)76(72,75)10-14/h3-6,14-15,78H,7-10H2,1-2H3,(H,77,79)/t14?,15-,75?,76?/m1/s1. The third-order valence-electron chi connectivity index (χ3n) is 27.7. The molecule has 29 aromatic carbocycles. The fourth-order valence-electron chi connectivity index (χ4n) is 27.2. The summed E-state index contributed by atoms with van der Waals surface area (Å²) >= 11 is 0. The molecule has 0 heterocycles. The molecule has 1 fully saturated rings. The summed E-state index contributed by atoms with van der Waals surface area (Å²) in [4.78, 5) is 25.1. The largest absolute Gasteiger partial charge is 0.467 e. The van der Waals surface area contributed by atoms with Gasteiger partial charge < -0.3 is 15.4 Å². The summed E-state index contributed by atoms with van der Waals surface area (Å²) in [5.74, 6) is -0.659. The van der Waals surface area contributed by atoms with Crippen LogP contribution in [0.4, 0.5) is 5.69 Å². The number of methoxy groups -OCH3 is 1. The maximum atomic E-state index is 12.9. The summed E-state index contributed by atoms with van der Waals surface area (Å²) < 4.78 is 5.14. The third-order valence-corrected chi connectivity index (χ3v) is 27.7. The molecule has 2 spiro atoms. The summed E-state index contributed by atoms with van der Waals surface area (Å²) in [6, 6.07) is 8.24. The van der Waals surface area contributed by atoms with E-state index in [0.717, 1.165) is 30.5 Å². The molecular formula is C76H22N2O3. The molecule has 5 nitrogen and oxygen atoms in total. The molecule has 5 aliphatic rings. The van der Waals surface area contributed by atoms with E-state index in [1.165, 1.54) is 14.0 Å². The van der Waals surface area contributed by atoms with E-state index >= 15 is 0 Å². The van der Waals surface area contributed by atoms with Gasteiger partial charge in [-0.15, -0.1) is 0 Å². The maximum Gasteiger partial charge on any atom is 0.328 e. The Balaban J connectivity index is 0.888. The topological polar surface area (TPSA) is 67.4 Å². The summed E-state index contributed by atoms with van der Waals surface area (Å²) in [7, 11) is 1.39. The van der Waals surface area contributed by atoms with E-state index in [4.69, 9.17) is 4.74 Å². The minimum absolute atomic E-state index is 0.216. The predicted molar refractivity (Wildman–Crippen MR) is 335 cm³/mol. The Bertz CT molecular complexity index is 7610. The summed E-state index contributed by atoms with van der Waals surface area (Å²) in [5, 5.41) is 96.1. The Hall–Kier alpha value is -9.58. The molecule has 1 unspecified atom stereocenters. The van der Waals surface area contributed by atoms with Gasteiger partial charge in [-0.1, -0.05) is 12.1 Å². The van der Waals surface area contributed by atoms with Crippen LogP contribution in [0.3, 0.4) is 0 Å². The second-order valence-electron chi connectivity index (χ2n) is 28.8. The van der Waals surface area contributed by atoms with Crippen LogP contribution in [0.1, 0.15) is 54.0 Å². The normalized spacial score (nSPS) is 22.4. The molecule has 0 bridgehead atoms. The first-order valence-electron chi connectivity index (χ1n) is 30.0. The molecule has 1 amide bonds. The second kappa shape index (κ2) is 8.04. The van der Waals surface area contributed by atoms with E-state index in [1.54, 1.807) is 313 Å². The molecule has 1 saturated carbocycles. The number of hydrogen-bond acceptors (Lipinski definition) is 4. The number of amides is 1. The first-order chi connectivity index (χ1) is 40.0. The van der Waals surface area contributed by atoms with Crippen molar-refractivity contribution in [1.29, 1.82) is 0 Å². The highest BCUT2D eigenvalue weighted by atomic mass is 16.5. The number of ether oxygens (including phenoxy) is 1. The lowest BCUT2D eigenvalue weighted by Gasteiger charge is -2.59. The van der Waals surface area contributed by atoms with Gasteiger partial charge in [-0.05, 0) is 350 Å². The molecule has 0 aliphatic heterocycles. The van der Waals surface area contributed by atoms with E-state index in [2.05, 4.69) is 34.9 Å². The molecule has 2 N–H and O–H groups in total. The Kier molecular flexibility index (Phi) is 3.29. The number of rotatable bonds is 6. The van der Waals surface area contributed by atoms with Crippen LogP contribution in [-0.2, 0) is 31.6 Å². The monoisotopic (exact) mass is 1010 g/mol. The van der Waals surface area contributed by atoms with E-state index in [9.17, 15) is 9.59 Å². The number of hydrogen-bond donors (Lipinski definition) is 2. The molecule has 0 saturated heterocycles. The molecular weight excluding hydrogens is 989 g/mol. The quantitative estimate of drug-likeness (QED) is 0.129. The molecule has 2 atom stereocenters. The van der Waals surface area contributed by atoms with Crippen molar-refractivity contribution in [2.75, 3.05) is 12.4 Å². The zero-order chi connectivity index (χ0) is 49.7. The second-order valence-corrected chi connectivity index (χ2v) is 28.8. The number of benzene rings is 19. The molecule has 5 heteroatoms. The minimum atomic E-state index is -0.733. The molecule has 0 aromatic heterocycles. The van der Waals surface area contributed by atoms with Crippen molar-refractivity contribution in [3.63, 3.8) is 0 Å². The molecule has 354 valence electrons. The van der Waals surface area contributed by atoms with Crippen molar-refractivity contribution in [1.82, 2.24) is 5.32 Å². The van der Waals surface area contributed by atoms with E-state index in [-0.39, 0.29) is 22.8 Å². The fourth-order valence-corrected chi connectivity index (χ4v) is 27.2. The van der Waals surface area contributed by atoms with E-state index in [0.29, 0.717) is 6.42 Å². The van der Waals surface area contributed by atoms with Crippen molar-refractivity contribution in [2.45, 2.75) is 55.5 Å². The smallest absolute Gasteiger partial charge is 0.328 e. The van der Waals surface area contributed by atoms with Gasteiger partial charge >= 0.3 is 5.97 Å². The van der Waals surface area contributed by atoms with E-state index < -0.39 is 12.0 Å². The molecule has 5 aliphatic carbocycles. The lowest BCUT2D eigenvalue weighted by atomic mass is 9.43. The van der Waals surface area contributed by atoms with Crippen LogP contribution in [0.2, 0.25) is 0 Å². The van der Waals surface area contributed by atoms with Crippen molar-refractivity contribution >= 4 is 308 Å². The Labute approximate surface area is 445 Å². The third kappa shape index (κ3) is 2.04. The van der Waals surface area contributed by atoms with Crippen LogP contribution in [0, 0.1) is 0 Å². The number of anilines is 1. The lowest BCUT2D eigenvalue weighted by Crippen LogP contribution is -2.57. The van der Waals surface area contributed by atoms with Crippen molar-refractivity contribution in [3.8, 4) is 0 Å². The maximum absolute atomic E-state index is 12.9. The van der Waals surface area contributed by atoms with Gasteiger partial charge in [0.2, 0.25) is 5.91 Å². The van der Waals surface area contributed by atoms with Gasteiger partial charge in [0.15, 0.2) is 0 Å². The van der Waals surface area contributed by atoms with Crippen LogP contribution >= 0.6 is 0 Å². The van der Waals surface area contributed by atoms with Crippen LogP contribution in [0.15, 0.2) is 24.3 Å². The number of esters is 1. The van der Waals surface area contributed by atoms with Gasteiger partial charge in [0.05, 0.1) is 7.11 Å². The first-order valence-corrected chi connectivity index (χ1v) is 30.0. The number of carbonyl (C=O) groups is 2. The van der Waals surface area contributed by atoms with Gasteiger partial charge in [0, 0.05) is 35.9 Å². The van der Waals surface area contributed by atoms with Crippen molar-refractivity contribution in [2.24, 2.45) is 0 Å².